The van der Waals surface area contributed by atoms with Crippen molar-refractivity contribution in [2.24, 2.45) is 10.7 Å². The number of nitrogens with two attached hydrogens (primary N) is 1. The molecule has 1 fully saturated rings. The van der Waals surface area contributed by atoms with Crippen molar-refractivity contribution >= 4 is 46.7 Å². The van der Waals surface area contributed by atoms with Crippen LogP contribution >= 0.6 is 11.6 Å². The molecular weight excluding hydrogens is 524 g/mol. The molecule has 1 aromatic heterocycles. The molecule has 3 aromatic rings. The number of anilines is 2. The van der Waals surface area contributed by atoms with Gasteiger partial charge in [-0.25, -0.2) is 4.98 Å². The molecule has 1 aliphatic rings. The molecule has 0 aliphatic carbocycles. The summed E-state index contributed by atoms with van der Waals surface area (Å²) in [6.07, 6.45) is 6.54. The molecule has 0 bridgehead atoms. The van der Waals surface area contributed by atoms with Crippen molar-refractivity contribution in [3.8, 4) is 0 Å². The summed E-state index contributed by atoms with van der Waals surface area (Å²) >= 11 is 6.36. The number of piperidine rings is 1. The molecule has 0 radical (unpaired) electrons. The summed E-state index contributed by atoms with van der Waals surface area (Å²) in [5.74, 6) is 0.637. The lowest BCUT2D eigenvalue weighted by atomic mass is 9.88. The number of nitrogens with one attached hydrogen (secondary N) is 2. The maximum Gasteiger partial charge on any atom is 0.257 e. The molecule has 2 amide bonds. The Balaban J connectivity index is 1.37. The van der Waals surface area contributed by atoms with Gasteiger partial charge in [0.1, 0.15) is 5.82 Å². The van der Waals surface area contributed by atoms with Gasteiger partial charge in [0.05, 0.1) is 16.3 Å². The van der Waals surface area contributed by atoms with Crippen LogP contribution in [0.1, 0.15) is 64.4 Å². The van der Waals surface area contributed by atoms with E-state index in [0.717, 1.165) is 24.0 Å². The van der Waals surface area contributed by atoms with Crippen LogP contribution in [0.15, 0.2) is 72.0 Å². The fourth-order valence-corrected chi connectivity index (χ4v) is 4.92. The van der Waals surface area contributed by atoms with Crippen molar-refractivity contribution in [2.75, 3.05) is 30.8 Å². The van der Waals surface area contributed by atoms with Crippen molar-refractivity contribution in [3.05, 3.63) is 94.3 Å². The van der Waals surface area contributed by atoms with E-state index < -0.39 is 0 Å². The second-order valence-corrected chi connectivity index (χ2v) is 10.5. The number of hydrogen-bond acceptors (Lipinski definition) is 6. The first-order chi connectivity index (χ1) is 19.3. The number of aliphatic imine (C=N–C) groups is 1. The summed E-state index contributed by atoms with van der Waals surface area (Å²) in [6.45, 7) is 5.32. The maximum atomic E-state index is 13.3. The molecule has 1 saturated heterocycles. The minimum atomic E-state index is -0.349. The van der Waals surface area contributed by atoms with Crippen LogP contribution in [0.25, 0.3) is 5.57 Å². The SMILES string of the molecule is CN=CC(=CN)c1ccc(C2CCN(C(=O)c3ccc(Cl)c(NC(=O)c4ccc(NC(C)C)nc4)c3)CC2)cc1. The van der Waals surface area contributed by atoms with Crippen LogP contribution in [0.2, 0.25) is 5.02 Å². The van der Waals surface area contributed by atoms with E-state index in [1.165, 1.54) is 11.8 Å². The zero-order valence-corrected chi connectivity index (χ0v) is 23.8. The van der Waals surface area contributed by atoms with E-state index in [2.05, 4.69) is 44.9 Å². The van der Waals surface area contributed by atoms with Crippen molar-refractivity contribution in [1.82, 2.24) is 9.88 Å². The van der Waals surface area contributed by atoms with E-state index in [1.807, 2.05) is 18.7 Å². The molecule has 4 rings (SSSR count). The summed E-state index contributed by atoms with van der Waals surface area (Å²) < 4.78 is 0. The predicted molar refractivity (Wildman–Crippen MR) is 163 cm³/mol. The summed E-state index contributed by atoms with van der Waals surface area (Å²) in [4.78, 5) is 36.3. The highest BCUT2D eigenvalue weighted by atomic mass is 35.5. The maximum absolute atomic E-state index is 13.3. The fourth-order valence-electron chi connectivity index (χ4n) is 4.76. The highest BCUT2D eigenvalue weighted by molar-refractivity contribution is 6.34. The van der Waals surface area contributed by atoms with Gasteiger partial charge in [-0.3, -0.25) is 14.6 Å². The molecule has 208 valence electrons. The number of carbonyl (C=O) groups is 2. The van der Waals surface area contributed by atoms with Gasteiger partial charge in [0.2, 0.25) is 0 Å². The zero-order valence-electron chi connectivity index (χ0n) is 23.0. The molecule has 8 nitrogen and oxygen atoms in total. The number of allylic oxidation sites excluding steroid dienone is 1. The highest BCUT2D eigenvalue weighted by Gasteiger charge is 2.25. The largest absolute Gasteiger partial charge is 0.404 e. The number of rotatable bonds is 8. The number of carbonyl (C=O) groups excluding carboxylic acids is 2. The second kappa shape index (κ2) is 13.3. The van der Waals surface area contributed by atoms with Crippen molar-refractivity contribution in [2.45, 2.75) is 38.6 Å². The monoisotopic (exact) mass is 558 g/mol. The Labute approximate surface area is 240 Å². The van der Waals surface area contributed by atoms with Gasteiger partial charge >= 0.3 is 0 Å². The lowest BCUT2D eigenvalue weighted by Crippen LogP contribution is -2.38. The van der Waals surface area contributed by atoms with Crippen LogP contribution in [-0.4, -0.2) is 54.1 Å². The molecule has 0 saturated carbocycles. The number of pyridine rings is 1. The van der Waals surface area contributed by atoms with E-state index in [4.69, 9.17) is 17.3 Å². The van der Waals surface area contributed by atoms with Crippen molar-refractivity contribution < 1.29 is 9.59 Å². The summed E-state index contributed by atoms with van der Waals surface area (Å²) in [5, 5.41) is 6.36. The number of amides is 2. The van der Waals surface area contributed by atoms with Gasteiger partial charge < -0.3 is 21.3 Å². The Hall–Kier alpha value is -4.17. The van der Waals surface area contributed by atoms with Crippen LogP contribution in [0.3, 0.4) is 0 Å². The number of halogens is 1. The number of likely N-dealkylation sites (tertiary alicyclic amines) is 1. The minimum absolute atomic E-state index is 0.0803. The zero-order chi connectivity index (χ0) is 28.6. The average molecular weight is 559 g/mol. The third kappa shape index (κ3) is 7.07. The third-order valence-corrected chi connectivity index (χ3v) is 7.20. The number of benzene rings is 2. The van der Waals surface area contributed by atoms with Gasteiger partial charge in [-0.2, -0.15) is 0 Å². The lowest BCUT2D eigenvalue weighted by Gasteiger charge is -2.32. The van der Waals surface area contributed by atoms with Crippen LogP contribution in [-0.2, 0) is 0 Å². The first kappa shape index (κ1) is 28.8. The molecule has 2 heterocycles. The normalized spacial score (nSPS) is 14.5. The van der Waals surface area contributed by atoms with E-state index in [0.29, 0.717) is 46.7 Å². The number of aromatic nitrogens is 1. The first-order valence-electron chi connectivity index (χ1n) is 13.4. The van der Waals surface area contributed by atoms with E-state index in [-0.39, 0.29) is 17.9 Å². The van der Waals surface area contributed by atoms with Crippen molar-refractivity contribution in [1.29, 1.82) is 0 Å². The van der Waals surface area contributed by atoms with Crippen LogP contribution < -0.4 is 16.4 Å². The fraction of sp³-hybridized carbons (Fsp3) is 0.290. The Morgan fingerprint density at radius 2 is 1.73 bits per heavy atom. The Morgan fingerprint density at radius 3 is 2.33 bits per heavy atom. The van der Waals surface area contributed by atoms with Crippen LogP contribution in [0, 0.1) is 0 Å². The van der Waals surface area contributed by atoms with Crippen molar-refractivity contribution in [3.63, 3.8) is 0 Å². The second-order valence-electron chi connectivity index (χ2n) is 10.1. The summed E-state index contributed by atoms with van der Waals surface area (Å²) in [6, 6.07) is 17.0. The predicted octanol–water partition coefficient (Wildman–Crippen LogP) is 5.83. The Kier molecular flexibility index (Phi) is 9.56. The minimum Gasteiger partial charge on any atom is -0.404 e. The molecular formula is C31H35ClN6O2. The first-order valence-corrected chi connectivity index (χ1v) is 13.7. The molecule has 4 N–H and O–H groups in total. The van der Waals surface area contributed by atoms with Crippen LogP contribution in [0.4, 0.5) is 11.5 Å². The Morgan fingerprint density at radius 1 is 1.05 bits per heavy atom. The van der Waals surface area contributed by atoms with E-state index in [1.54, 1.807) is 49.8 Å². The van der Waals surface area contributed by atoms with Gasteiger partial charge in [0.25, 0.3) is 11.8 Å². The molecule has 9 heteroatoms. The molecule has 1 aliphatic heterocycles. The van der Waals surface area contributed by atoms with Gasteiger partial charge in [-0.15, -0.1) is 0 Å². The number of nitrogens with zero attached hydrogens (tertiary/aromatic N) is 3. The topological polar surface area (TPSA) is 113 Å². The molecule has 0 atom stereocenters. The molecule has 0 unspecified atom stereocenters. The Bertz CT molecular complexity index is 1390. The van der Waals surface area contributed by atoms with Gasteiger partial charge in [-0.1, -0.05) is 35.9 Å². The molecule has 0 spiro atoms. The summed E-state index contributed by atoms with van der Waals surface area (Å²) in [7, 11) is 1.72. The molecule has 40 heavy (non-hydrogen) atoms. The van der Waals surface area contributed by atoms with E-state index in [9.17, 15) is 9.59 Å². The van der Waals surface area contributed by atoms with E-state index >= 15 is 0 Å². The van der Waals surface area contributed by atoms with Crippen LogP contribution in [0.5, 0.6) is 0 Å². The smallest absolute Gasteiger partial charge is 0.257 e. The van der Waals surface area contributed by atoms with Gasteiger partial charge in [0, 0.05) is 55.9 Å². The quantitative estimate of drug-likeness (QED) is 0.301. The third-order valence-electron chi connectivity index (χ3n) is 6.87. The number of hydrogen-bond donors (Lipinski definition) is 3. The lowest BCUT2D eigenvalue weighted by molar-refractivity contribution is 0.0712. The molecule has 2 aromatic carbocycles. The van der Waals surface area contributed by atoms with Gasteiger partial charge in [-0.05, 0) is 74.1 Å². The highest BCUT2D eigenvalue weighted by Crippen LogP contribution is 2.31. The van der Waals surface area contributed by atoms with Gasteiger partial charge in [0.15, 0.2) is 0 Å². The average Bonchev–Trinajstić information content (AvgIpc) is 2.97. The summed E-state index contributed by atoms with van der Waals surface area (Å²) in [5.41, 5.74) is 10.1. The standard InChI is InChI=1S/C31H35ClN6O2/c1-20(2)36-29-11-9-25(19-35-29)30(39)37-28-16-24(8-10-27(28)32)31(40)38-14-12-23(13-15-38)21-4-6-22(7-5-21)26(17-33)18-34-3/h4-11,16-20,23H,12-15,33H2,1-3H3,(H,35,36)(H,37,39).